The normalized spacial score (nSPS) is 13.4. The summed E-state index contributed by atoms with van der Waals surface area (Å²) < 4.78 is 0. The van der Waals surface area contributed by atoms with Crippen LogP contribution < -0.4 is 0 Å². The molecule has 0 aromatic carbocycles. The molecule has 0 atom stereocenters. The second-order valence-corrected chi connectivity index (χ2v) is 2.97. The molecule has 0 radical (unpaired) electrons. The van der Waals surface area contributed by atoms with Crippen LogP contribution in [0.1, 0.15) is 40.5 Å². The van der Waals surface area contributed by atoms with Crippen LogP contribution in [-0.2, 0) is 0 Å². The van der Waals surface area contributed by atoms with Crippen LogP contribution in [-0.4, -0.2) is 6.21 Å². The van der Waals surface area contributed by atoms with E-state index in [1.165, 1.54) is 12.1 Å². The van der Waals surface area contributed by atoms with Crippen LogP contribution >= 0.6 is 0 Å². The van der Waals surface area contributed by atoms with E-state index in [4.69, 9.17) is 0 Å². The molecule has 0 rings (SSSR count). The van der Waals surface area contributed by atoms with Crippen molar-refractivity contribution in [3.63, 3.8) is 0 Å². The number of hydrogen-bond donors (Lipinski definition) is 0. The lowest BCUT2D eigenvalue weighted by atomic mass is 10.1. The van der Waals surface area contributed by atoms with Gasteiger partial charge in [-0.1, -0.05) is 33.3 Å². The number of rotatable bonds is 4. The van der Waals surface area contributed by atoms with Gasteiger partial charge in [-0.25, -0.2) is 0 Å². The van der Waals surface area contributed by atoms with Gasteiger partial charge in [0.2, 0.25) is 0 Å². The number of unbranched alkanes of at least 4 members (excludes halogenated alkanes) is 1. The molecular weight excluding hydrogens is 134 g/mol. The quantitative estimate of drug-likeness (QED) is 0.549. The monoisotopic (exact) mass is 153 g/mol. The second-order valence-electron chi connectivity index (χ2n) is 2.97. The summed E-state index contributed by atoms with van der Waals surface area (Å²) in [5.41, 5.74) is 1.19. The van der Waals surface area contributed by atoms with Crippen molar-refractivity contribution >= 4 is 6.21 Å². The summed E-state index contributed by atoms with van der Waals surface area (Å²) in [5.74, 6) is 0.549. The van der Waals surface area contributed by atoms with Crippen molar-refractivity contribution in [1.29, 1.82) is 0 Å². The molecule has 0 fully saturated rings. The first-order valence-corrected chi connectivity index (χ1v) is 4.41. The Balaban J connectivity index is 3.89. The number of aliphatic imine (C=N–C) groups is 1. The minimum Gasteiger partial charge on any atom is -0.266 e. The maximum Gasteiger partial charge on any atom is 0.0382 e. The van der Waals surface area contributed by atoms with Crippen molar-refractivity contribution < 1.29 is 0 Å². The van der Waals surface area contributed by atoms with Gasteiger partial charge in [-0.2, -0.15) is 0 Å². The van der Waals surface area contributed by atoms with Crippen LogP contribution in [0.4, 0.5) is 0 Å². The lowest BCUT2D eigenvalue weighted by Gasteiger charge is -2.03. The van der Waals surface area contributed by atoms with Crippen molar-refractivity contribution in [2.45, 2.75) is 40.5 Å². The Morgan fingerprint density at radius 2 is 2.09 bits per heavy atom. The summed E-state index contributed by atoms with van der Waals surface area (Å²) >= 11 is 0. The van der Waals surface area contributed by atoms with Crippen LogP contribution in [0, 0.1) is 5.92 Å². The third-order valence-electron chi connectivity index (χ3n) is 1.55. The molecule has 0 amide bonds. The standard InChI is InChI=1S/C10H19N/c1-5-7-8-11-10(6-2)9(3)4/h6,8-9H,5,7H2,1-4H3/b10-6-,11-8?. The van der Waals surface area contributed by atoms with E-state index in [1.54, 1.807) is 0 Å². The Morgan fingerprint density at radius 1 is 1.45 bits per heavy atom. The van der Waals surface area contributed by atoms with E-state index in [1.807, 2.05) is 13.1 Å². The lowest BCUT2D eigenvalue weighted by Crippen LogP contribution is -1.90. The van der Waals surface area contributed by atoms with Gasteiger partial charge in [0, 0.05) is 11.9 Å². The fourth-order valence-corrected chi connectivity index (χ4v) is 0.856. The molecule has 11 heavy (non-hydrogen) atoms. The molecule has 0 aliphatic carbocycles. The van der Waals surface area contributed by atoms with Gasteiger partial charge in [0.25, 0.3) is 0 Å². The molecule has 1 heteroatoms. The first-order valence-electron chi connectivity index (χ1n) is 4.41. The molecule has 0 bridgehead atoms. The first-order chi connectivity index (χ1) is 5.22. The molecule has 0 aliphatic rings. The van der Waals surface area contributed by atoms with E-state index >= 15 is 0 Å². The number of nitrogens with zero attached hydrogens (tertiary/aromatic N) is 1. The minimum atomic E-state index is 0.549. The van der Waals surface area contributed by atoms with Crippen LogP contribution in [0.15, 0.2) is 16.8 Å². The highest BCUT2D eigenvalue weighted by atomic mass is 14.7. The summed E-state index contributed by atoms with van der Waals surface area (Å²) in [5, 5.41) is 0. The maximum absolute atomic E-state index is 4.37. The number of hydrogen-bond acceptors (Lipinski definition) is 1. The minimum absolute atomic E-state index is 0.549. The van der Waals surface area contributed by atoms with Crippen LogP contribution in [0.25, 0.3) is 0 Å². The molecule has 0 saturated heterocycles. The Hall–Kier alpha value is -0.590. The smallest absolute Gasteiger partial charge is 0.0382 e. The fourth-order valence-electron chi connectivity index (χ4n) is 0.856. The summed E-state index contributed by atoms with van der Waals surface area (Å²) in [6.07, 6.45) is 6.36. The predicted octanol–water partition coefficient (Wildman–Crippen LogP) is 3.42. The summed E-state index contributed by atoms with van der Waals surface area (Å²) in [7, 11) is 0. The summed E-state index contributed by atoms with van der Waals surface area (Å²) in [4.78, 5) is 4.37. The number of allylic oxidation sites excluding steroid dienone is 2. The van der Waals surface area contributed by atoms with E-state index < -0.39 is 0 Å². The fraction of sp³-hybridized carbons (Fsp3) is 0.700. The average molecular weight is 153 g/mol. The van der Waals surface area contributed by atoms with Crippen LogP contribution in [0.2, 0.25) is 0 Å². The Kier molecular flexibility index (Phi) is 5.81. The van der Waals surface area contributed by atoms with Gasteiger partial charge in [-0.3, -0.25) is 4.99 Å². The molecule has 0 unspecified atom stereocenters. The molecule has 0 saturated carbocycles. The highest BCUT2D eigenvalue weighted by molar-refractivity contribution is 5.58. The zero-order valence-electron chi connectivity index (χ0n) is 8.09. The Labute approximate surface area is 70.2 Å². The average Bonchev–Trinajstić information content (AvgIpc) is 1.97. The molecule has 0 aromatic rings. The third kappa shape index (κ3) is 4.77. The van der Waals surface area contributed by atoms with Gasteiger partial charge in [0.15, 0.2) is 0 Å². The van der Waals surface area contributed by atoms with Gasteiger partial charge >= 0.3 is 0 Å². The van der Waals surface area contributed by atoms with Crippen LogP contribution in [0.3, 0.4) is 0 Å². The van der Waals surface area contributed by atoms with E-state index in [0.29, 0.717) is 5.92 Å². The zero-order chi connectivity index (χ0) is 8.69. The topological polar surface area (TPSA) is 12.4 Å². The van der Waals surface area contributed by atoms with Gasteiger partial charge in [0.05, 0.1) is 0 Å². The predicted molar refractivity (Wildman–Crippen MR) is 52.0 cm³/mol. The highest BCUT2D eigenvalue weighted by Crippen LogP contribution is 2.09. The summed E-state index contributed by atoms with van der Waals surface area (Å²) in [6.45, 7) is 8.53. The Bertz CT molecular complexity index is 143. The molecule has 1 nitrogen and oxygen atoms in total. The van der Waals surface area contributed by atoms with Crippen molar-refractivity contribution in [3.05, 3.63) is 11.8 Å². The van der Waals surface area contributed by atoms with E-state index in [9.17, 15) is 0 Å². The molecular formula is C10H19N. The van der Waals surface area contributed by atoms with Crippen molar-refractivity contribution in [1.82, 2.24) is 0 Å². The first kappa shape index (κ1) is 10.4. The van der Waals surface area contributed by atoms with Crippen molar-refractivity contribution in [3.8, 4) is 0 Å². The molecule has 0 spiro atoms. The van der Waals surface area contributed by atoms with E-state index in [2.05, 4.69) is 31.8 Å². The van der Waals surface area contributed by atoms with Gasteiger partial charge < -0.3 is 0 Å². The Morgan fingerprint density at radius 3 is 2.45 bits per heavy atom. The van der Waals surface area contributed by atoms with Gasteiger partial charge in [-0.15, -0.1) is 0 Å². The zero-order valence-corrected chi connectivity index (χ0v) is 8.09. The van der Waals surface area contributed by atoms with Gasteiger partial charge in [-0.05, 0) is 19.3 Å². The summed E-state index contributed by atoms with van der Waals surface area (Å²) in [6, 6.07) is 0. The molecule has 0 aromatic heterocycles. The highest BCUT2D eigenvalue weighted by Gasteiger charge is 1.96. The second kappa shape index (κ2) is 6.14. The molecule has 0 aliphatic heterocycles. The lowest BCUT2D eigenvalue weighted by molar-refractivity contribution is 0.755. The SMILES string of the molecule is C/C=C(\N=CCCC)C(C)C. The van der Waals surface area contributed by atoms with E-state index in [-0.39, 0.29) is 0 Å². The maximum atomic E-state index is 4.37. The van der Waals surface area contributed by atoms with Crippen LogP contribution in [0.5, 0.6) is 0 Å². The molecule has 0 N–H and O–H groups in total. The van der Waals surface area contributed by atoms with Crippen molar-refractivity contribution in [2.24, 2.45) is 10.9 Å². The largest absolute Gasteiger partial charge is 0.266 e. The third-order valence-corrected chi connectivity index (χ3v) is 1.55. The molecule has 64 valence electrons. The van der Waals surface area contributed by atoms with Gasteiger partial charge in [0.1, 0.15) is 0 Å². The van der Waals surface area contributed by atoms with E-state index in [0.717, 1.165) is 6.42 Å². The molecule has 0 heterocycles. The van der Waals surface area contributed by atoms with Crippen molar-refractivity contribution in [2.75, 3.05) is 0 Å².